The second kappa shape index (κ2) is 3.82. The Balaban J connectivity index is 3.87. The molecule has 3 nitrogen and oxygen atoms in total. The zero-order chi connectivity index (χ0) is 8.04. The molecule has 0 aliphatic heterocycles. The van der Waals surface area contributed by atoms with Gasteiger partial charge in [-0.2, -0.15) is 0 Å². The minimum Gasteiger partial charge on any atom is -0.396 e. The largest absolute Gasteiger partial charge is 0.396 e. The van der Waals surface area contributed by atoms with Gasteiger partial charge in [-0.1, -0.05) is 6.90 Å². The van der Waals surface area contributed by atoms with Crippen LogP contribution in [0, 0.1) is 5.41 Å². The van der Waals surface area contributed by atoms with E-state index in [1.807, 2.05) is 0 Å². The van der Waals surface area contributed by atoms with Crippen LogP contribution in [-0.2, 0) is 0 Å². The number of aliphatic hydroxyl groups excluding tert-OH is 3. The third-order valence-corrected chi connectivity index (χ3v) is 1.54. The standard InChI is InChI=1S/C6H14O3/c1-2-6(3-7,4-8)5-9/h7-9H,2-5H2,1H3/i1D. The van der Waals surface area contributed by atoms with Gasteiger partial charge < -0.3 is 15.3 Å². The van der Waals surface area contributed by atoms with Gasteiger partial charge in [-0.25, -0.2) is 0 Å². The molecule has 0 aromatic heterocycles. The highest BCUT2D eigenvalue weighted by molar-refractivity contribution is 4.74. The van der Waals surface area contributed by atoms with Crippen LogP contribution >= 0.6 is 0 Å². The molecule has 0 rings (SSSR count). The molecule has 0 atom stereocenters. The maximum Gasteiger partial charge on any atom is 0.0531 e. The van der Waals surface area contributed by atoms with Crippen LogP contribution < -0.4 is 0 Å². The van der Waals surface area contributed by atoms with Crippen molar-refractivity contribution in [3.05, 3.63) is 0 Å². The number of aliphatic hydroxyl groups is 3. The topological polar surface area (TPSA) is 60.7 Å². The maximum absolute atomic E-state index is 8.70. The van der Waals surface area contributed by atoms with E-state index >= 15 is 0 Å². The first-order chi connectivity index (χ1) is 4.74. The highest BCUT2D eigenvalue weighted by Gasteiger charge is 2.24. The summed E-state index contributed by atoms with van der Waals surface area (Å²) >= 11 is 0. The molecule has 0 aromatic carbocycles. The summed E-state index contributed by atoms with van der Waals surface area (Å²) in [4.78, 5) is 0. The first kappa shape index (κ1) is 6.99. The molecule has 0 aromatic rings. The summed E-state index contributed by atoms with van der Waals surface area (Å²) in [5, 5.41) is 26.1. The molecule has 9 heavy (non-hydrogen) atoms. The van der Waals surface area contributed by atoms with Gasteiger partial charge in [0.1, 0.15) is 0 Å². The van der Waals surface area contributed by atoms with Crippen molar-refractivity contribution in [2.45, 2.75) is 13.3 Å². The summed E-state index contributed by atoms with van der Waals surface area (Å²) in [7, 11) is 0. The van der Waals surface area contributed by atoms with Crippen molar-refractivity contribution < 1.29 is 16.7 Å². The molecule has 3 heteroatoms. The number of hydrogen-bond donors (Lipinski definition) is 3. The van der Waals surface area contributed by atoms with Crippen LogP contribution in [0.25, 0.3) is 0 Å². The molecule has 0 aliphatic carbocycles. The van der Waals surface area contributed by atoms with Crippen molar-refractivity contribution in [3.8, 4) is 0 Å². The van der Waals surface area contributed by atoms with Gasteiger partial charge in [-0.3, -0.25) is 0 Å². The normalized spacial score (nSPS) is 13.4. The van der Waals surface area contributed by atoms with Gasteiger partial charge in [-0.15, -0.1) is 0 Å². The van der Waals surface area contributed by atoms with E-state index in [2.05, 4.69) is 0 Å². The molecule has 0 heterocycles. The lowest BCUT2D eigenvalue weighted by Crippen LogP contribution is -2.32. The summed E-state index contributed by atoms with van der Waals surface area (Å²) in [6.45, 7) is -0.682. The van der Waals surface area contributed by atoms with Crippen molar-refractivity contribution in [3.63, 3.8) is 0 Å². The first-order valence-electron chi connectivity index (χ1n) is 3.57. The van der Waals surface area contributed by atoms with Gasteiger partial charge in [0.2, 0.25) is 0 Å². The van der Waals surface area contributed by atoms with E-state index in [9.17, 15) is 0 Å². The fourth-order valence-corrected chi connectivity index (χ4v) is 0.387. The molecule has 0 radical (unpaired) electrons. The smallest absolute Gasteiger partial charge is 0.0531 e. The molecule has 0 unspecified atom stereocenters. The summed E-state index contributed by atoms with van der Waals surface area (Å²) in [5.74, 6) is 0. The molecule has 0 saturated carbocycles. The van der Waals surface area contributed by atoms with Crippen LogP contribution in [0.4, 0.5) is 0 Å². The third-order valence-electron chi connectivity index (χ3n) is 1.54. The lowest BCUT2D eigenvalue weighted by molar-refractivity contribution is 0.00304. The van der Waals surface area contributed by atoms with E-state index < -0.39 is 5.41 Å². The Morgan fingerprint density at radius 1 is 1.22 bits per heavy atom. The van der Waals surface area contributed by atoms with Gasteiger partial charge in [0.15, 0.2) is 0 Å². The predicted molar refractivity (Wildman–Crippen MR) is 34.0 cm³/mol. The zero-order valence-electron chi connectivity index (χ0n) is 6.38. The summed E-state index contributed by atoms with van der Waals surface area (Å²) in [6, 6.07) is 0. The number of rotatable bonds is 4. The first-order valence-corrected chi connectivity index (χ1v) is 2.86. The van der Waals surface area contributed by atoms with Crippen LogP contribution in [0.3, 0.4) is 0 Å². The lowest BCUT2D eigenvalue weighted by atomic mass is 9.88. The quantitative estimate of drug-likeness (QED) is 0.480. The van der Waals surface area contributed by atoms with E-state index in [1.165, 1.54) is 0 Å². The highest BCUT2D eigenvalue weighted by atomic mass is 16.3. The van der Waals surface area contributed by atoms with Crippen LogP contribution in [0.2, 0.25) is 0 Å². The number of hydrogen-bond acceptors (Lipinski definition) is 3. The lowest BCUT2D eigenvalue weighted by Gasteiger charge is -2.24. The summed E-state index contributed by atoms with van der Waals surface area (Å²) < 4.78 is 6.83. The average molecular weight is 135 g/mol. The van der Waals surface area contributed by atoms with Crippen LogP contribution in [-0.4, -0.2) is 35.1 Å². The van der Waals surface area contributed by atoms with Crippen molar-refractivity contribution in [1.82, 2.24) is 0 Å². The third kappa shape index (κ3) is 1.93. The van der Waals surface area contributed by atoms with Gasteiger partial charge in [0, 0.05) is 6.79 Å². The van der Waals surface area contributed by atoms with E-state index in [0.29, 0.717) is 6.42 Å². The van der Waals surface area contributed by atoms with E-state index in [-0.39, 0.29) is 26.7 Å². The summed E-state index contributed by atoms with van der Waals surface area (Å²) in [5.41, 5.74) is -0.845. The SMILES string of the molecule is [2H]CCC(CO)(CO)CO. The minimum atomic E-state index is -0.845. The zero-order valence-corrected chi connectivity index (χ0v) is 5.38. The molecular weight excluding hydrogens is 120 g/mol. The monoisotopic (exact) mass is 135 g/mol. The van der Waals surface area contributed by atoms with E-state index in [1.54, 1.807) is 0 Å². The predicted octanol–water partition coefficient (Wildman–Crippen LogP) is -0.640. The van der Waals surface area contributed by atoms with Crippen LogP contribution in [0.15, 0.2) is 0 Å². The van der Waals surface area contributed by atoms with Crippen LogP contribution in [0.5, 0.6) is 0 Å². The fraction of sp³-hybridized carbons (Fsp3) is 1.00. The van der Waals surface area contributed by atoms with Crippen LogP contribution in [0.1, 0.15) is 14.7 Å². The molecule has 0 aliphatic rings. The van der Waals surface area contributed by atoms with Gasteiger partial charge >= 0.3 is 0 Å². The Kier molecular flexibility index (Phi) is 2.97. The fourth-order valence-electron chi connectivity index (χ4n) is 0.387. The maximum atomic E-state index is 8.70. The van der Waals surface area contributed by atoms with Crippen molar-refractivity contribution in [1.29, 1.82) is 0 Å². The van der Waals surface area contributed by atoms with Crippen molar-refractivity contribution in [2.75, 3.05) is 19.8 Å². The Hall–Kier alpha value is -0.120. The molecule has 0 saturated heterocycles. The van der Waals surface area contributed by atoms with Gasteiger partial charge in [0.25, 0.3) is 0 Å². The molecular formula is C6H14O3. The molecule has 3 N–H and O–H groups in total. The second-order valence-electron chi connectivity index (χ2n) is 2.22. The van der Waals surface area contributed by atoms with Gasteiger partial charge in [-0.05, 0) is 6.42 Å². The average Bonchev–Trinajstić information content (AvgIpc) is 2.01. The molecule has 0 fully saturated rings. The Bertz CT molecular complexity index is 74.8. The molecule has 0 spiro atoms. The Morgan fingerprint density at radius 2 is 1.67 bits per heavy atom. The Morgan fingerprint density at radius 3 is 1.78 bits per heavy atom. The summed E-state index contributed by atoms with van der Waals surface area (Å²) in [6.07, 6.45) is 0.330. The van der Waals surface area contributed by atoms with Crippen molar-refractivity contribution in [2.24, 2.45) is 5.41 Å². The molecule has 0 bridgehead atoms. The van der Waals surface area contributed by atoms with E-state index in [0.717, 1.165) is 0 Å². The van der Waals surface area contributed by atoms with Gasteiger partial charge in [0.05, 0.1) is 19.8 Å². The molecule has 0 amide bonds. The van der Waals surface area contributed by atoms with E-state index in [4.69, 9.17) is 16.7 Å². The van der Waals surface area contributed by atoms with Crippen molar-refractivity contribution >= 4 is 0 Å². The second-order valence-corrected chi connectivity index (χ2v) is 2.22. The molecule has 56 valence electrons. The minimum absolute atomic E-state index is 0.113. The Labute approximate surface area is 56.4 Å². The highest BCUT2D eigenvalue weighted by Crippen LogP contribution is 2.18.